The number of carbonyl (C=O) groups excluding carboxylic acids is 6. The molecular formula is C30H37FN6O7. The molecule has 5 amide bonds. The van der Waals surface area contributed by atoms with Crippen molar-refractivity contribution in [3.63, 3.8) is 0 Å². The van der Waals surface area contributed by atoms with Crippen molar-refractivity contribution in [3.05, 3.63) is 53.2 Å². The number of rotatable bonds is 6. The van der Waals surface area contributed by atoms with Gasteiger partial charge in [0.1, 0.15) is 23.7 Å². The number of halogens is 1. The number of carbonyl (C=O) groups is 6. The van der Waals surface area contributed by atoms with Crippen LogP contribution in [0.4, 0.5) is 4.39 Å². The molecule has 1 aromatic heterocycles. The van der Waals surface area contributed by atoms with Gasteiger partial charge in [0.05, 0.1) is 6.04 Å². The predicted molar refractivity (Wildman–Crippen MR) is 153 cm³/mol. The fourth-order valence-corrected chi connectivity index (χ4v) is 4.96. The molecule has 44 heavy (non-hydrogen) atoms. The van der Waals surface area contributed by atoms with E-state index in [0.29, 0.717) is 43.8 Å². The van der Waals surface area contributed by atoms with Crippen LogP contribution in [-0.2, 0) is 30.4 Å². The summed E-state index contributed by atoms with van der Waals surface area (Å²) in [5.74, 6) is -4.04. The molecule has 3 N–H and O–H groups in total. The molecule has 2 aliphatic rings. The SMILES string of the molecule is Cc1cc(C(=O)N[C@H]2CCCCN(C)C(=O)CC[C@@H](C(=O)C(=O)N3CCC3)NC(=O)[C@H](Cc3ccc(F)cc3)NC2=O)no1. The van der Waals surface area contributed by atoms with Gasteiger partial charge in [-0.15, -0.1) is 0 Å². The standard InChI is InChI=1S/C30H37FN6O7/c1-18-16-24(35-44-18)29(42)33-22-6-3-4-13-36(2)25(38)12-11-21(26(39)30(43)37-14-5-15-37)32-28(41)23(34-27(22)40)17-19-7-9-20(31)10-8-19/h7-10,16,21-23H,3-6,11-15,17H2,1-2H3,(H,32,41)(H,33,42)(H,34,40)/t21-,22-,23-/m0/s1. The van der Waals surface area contributed by atoms with Crippen molar-refractivity contribution in [1.29, 1.82) is 0 Å². The summed E-state index contributed by atoms with van der Waals surface area (Å²) in [6, 6.07) is 3.11. The van der Waals surface area contributed by atoms with Crippen LogP contribution in [0.2, 0.25) is 0 Å². The van der Waals surface area contributed by atoms with E-state index in [2.05, 4.69) is 21.1 Å². The summed E-state index contributed by atoms with van der Waals surface area (Å²) in [5.41, 5.74) is 0.491. The van der Waals surface area contributed by atoms with E-state index in [1.165, 1.54) is 40.1 Å². The van der Waals surface area contributed by atoms with Crippen molar-refractivity contribution < 1.29 is 37.7 Å². The minimum atomic E-state index is -1.31. The Bertz CT molecular complexity index is 1390. The maximum absolute atomic E-state index is 13.7. The van der Waals surface area contributed by atoms with Crippen molar-refractivity contribution in [3.8, 4) is 0 Å². The Balaban J connectivity index is 1.61. The van der Waals surface area contributed by atoms with Crippen molar-refractivity contribution in [1.82, 2.24) is 30.9 Å². The molecule has 1 aromatic carbocycles. The summed E-state index contributed by atoms with van der Waals surface area (Å²) in [6.07, 6.45) is 1.63. The Labute approximate surface area is 253 Å². The van der Waals surface area contributed by atoms with Gasteiger partial charge in [-0.25, -0.2) is 4.39 Å². The number of hydrogen-bond donors (Lipinski definition) is 3. The molecule has 14 heteroatoms. The van der Waals surface area contributed by atoms with Crippen molar-refractivity contribution in [2.24, 2.45) is 0 Å². The van der Waals surface area contributed by atoms with Crippen molar-refractivity contribution >= 4 is 35.3 Å². The third-order valence-corrected chi connectivity index (χ3v) is 7.76. The fraction of sp³-hybridized carbons (Fsp3) is 0.500. The molecule has 2 fully saturated rings. The minimum absolute atomic E-state index is 0.0228. The van der Waals surface area contributed by atoms with Gasteiger partial charge in [0.2, 0.25) is 23.5 Å². The Morgan fingerprint density at radius 1 is 1.00 bits per heavy atom. The van der Waals surface area contributed by atoms with Crippen LogP contribution in [0.25, 0.3) is 0 Å². The van der Waals surface area contributed by atoms with Crippen LogP contribution in [-0.4, -0.2) is 95.1 Å². The number of Topliss-reactive ketones (excluding diaryl/α,β-unsaturated/α-hetero) is 1. The number of ketones is 1. The van der Waals surface area contributed by atoms with E-state index in [9.17, 15) is 33.2 Å². The summed E-state index contributed by atoms with van der Waals surface area (Å²) in [5, 5.41) is 11.6. The van der Waals surface area contributed by atoms with Gasteiger partial charge in [-0.05, 0) is 56.7 Å². The molecule has 2 aromatic rings. The average molecular weight is 613 g/mol. The number of amides is 5. The second-order valence-corrected chi connectivity index (χ2v) is 11.2. The largest absolute Gasteiger partial charge is 0.361 e. The third-order valence-electron chi connectivity index (χ3n) is 7.76. The number of nitrogens with one attached hydrogen (secondary N) is 3. The third kappa shape index (κ3) is 8.48. The van der Waals surface area contributed by atoms with Gasteiger partial charge in [-0.3, -0.25) is 28.8 Å². The minimum Gasteiger partial charge on any atom is -0.361 e. The molecule has 13 nitrogen and oxygen atoms in total. The van der Waals surface area contributed by atoms with Crippen LogP contribution in [0.3, 0.4) is 0 Å². The average Bonchev–Trinajstić information content (AvgIpc) is 3.41. The first-order chi connectivity index (χ1) is 21.0. The number of aromatic nitrogens is 1. The van der Waals surface area contributed by atoms with Gasteiger partial charge in [0.25, 0.3) is 11.8 Å². The molecule has 2 saturated heterocycles. The van der Waals surface area contributed by atoms with E-state index in [0.717, 1.165) is 6.42 Å². The fourth-order valence-electron chi connectivity index (χ4n) is 4.96. The zero-order valence-corrected chi connectivity index (χ0v) is 24.8. The number of benzene rings is 1. The second kappa shape index (κ2) is 14.7. The lowest BCUT2D eigenvalue weighted by molar-refractivity contribution is -0.149. The first kappa shape index (κ1) is 32.3. The van der Waals surface area contributed by atoms with E-state index in [4.69, 9.17) is 4.52 Å². The van der Waals surface area contributed by atoms with Crippen LogP contribution in [0.5, 0.6) is 0 Å². The maximum Gasteiger partial charge on any atom is 0.292 e. The summed E-state index contributed by atoms with van der Waals surface area (Å²) < 4.78 is 18.6. The number of nitrogens with zero attached hydrogens (tertiary/aromatic N) is 3. The number of aryl methyl sites for hydroxylation is 1. The number of hydrogen-bond acceptors (Lipinski definition) is 8. The molecule has 4 rings (SSSR count). The van der Waals surface area contributed by atoms with E-state index in [1.54, 1.807) is 14.0 Å². The molecule has 0 spiro atoms. The molecule has 0 radical (unpaired) electrons. The Kier molecular flexibility index (Phi) is 10.8. The van der Waals surface area contributed by atoms with Crippen LogP contribution in [0.1, 0.15) is 60.3 Å². The monoisotopic (exact) mass is 612 g/mol. The van der Waals surface area contributed by atoms with Crippen LogP contribution < -0.4 is 16.0 Å². The van der Waals surface area contributed by atoms with Gasteiger partial charge in [-0.2, -0.15) is 0 Å². The second-order valence-electron chi connectivity index (χ2n) is 11.2. The smallest absolute Gasteiger partial charge is 0.292 e. The molecule has 0 aliphatic carbocycles. The lowest BCUT2D eigenvalue weighted by Crippen LogP contribution is -2.58. The van der Waals surface area contributed by atoms with E-state index in [1.807, 2.05) is 0 Å². The first-order valence-electron chi connectivity index (χ1n) is 14.7. The zero-order chi connectivity index (χ0) is 31.8. The Hall–Kier alpha value is -4.62. The maximum atomic E-state index is 13.7. The van der Waals surface area contributed by atoms with E-state index >= 15 is 0 Å². The summed E-state index contributed by atoms with van der Waals surface area (Å²) >= 11 is 0. The summed E-state index contributed by atoms with van der Waals surface area (Å²) in [7, 11) is 1.61. The van der Waals surface area contributed by atoms with Gasteiger partial charge in [0, 0.05) is 45.6 Å². The zero-order valence-electron chi connectivity index (χ0n) is 24.8. The van der Waals surface area contributed by atoms with Crippen LogP contribution in [0.15, 0.2) is 34.9 Å². The predicted octanol–water partition coefficient (Wildman–Crippen LogP) is 0.657. The van der Waals surface area contributed by atoms with Crippen LogP contribution >= 0.6 is 0 Å². The lowest BCUT2D eigenvalue weighted by Gasteiger charge is -2.32. The van der Waals surface area contributed by atoms with Gasteiger partial charge >= 0.3 is 0 Å². The van der Waals surface area contributed by atoms with Gasteiger partial charge in [-0.1, -0.05) is 17.3 Å². The molecule has 236 valence electrons. The molecule has 0 saturated carbocycles. The van der Waals surface area contributed by atoms with Gasteiger partial charge < -0.3 is 30.3 Å². The van der Waals surface area contributed by atoms with E-state index in [-0.39, 0.29) is 37.3 Å². The number of likely N-dealkylation sites (tertiary alicyclic amines) is 1. The quantitative estimate of drug-likeness (QED) is 0.400. The summed E-state index contributed by atoms with van der Waals surface area (Å²) in [6.45, 7) is 2.83. The molecule has 2 aliphatic heterocycles. The van der Waals surface area contributed by atoms with Crippen molar-refractivity contribution in [2.75, 3.05) is 26.7 Å². The molecule has 0 bridgehead atoms. The lowest BCUT2D eigenvalue weighted by atomic mass is 10.0. The molecule has 3 heterocycles. The van der Waals surface area contributed by atoms with Crippen LogP contribution in [0, 0.1) is 12.7 Å². The highest BCUT2D eigenvalue weighted by molar-refractivity contribution is 6.38. The normalized spacial score (nSPS) is 22.2. The Morgan fingerprint density at radius 3 is 2.36 bits per heavy atom. The molecule has 3 atom stereocenters. The van der Waals surface area contributed by atoms with E-state index < -0.39 is 53.4 Å². The summed E-state index contributed by atoms with van der Waals surface area (Å²) in [4.78, 5) is 81.9. The molecule has 0 unspecified atom stereocenters. The van der Waals surface area contributed by atoms with Gasteiger partial charge in [0.15, 0.2) is 5.69 Å². The highest BCUT2D eigenvalue weighted by atomic mass is 19.1. The van der Waals surface area contributed by atoms with Crippen molar-refractivity contribution in [2.45, 2.75) is 70.0 Å². The first-order valence-corrected chi connectivity index (χ1v) is 14.7. The molecular weight excluding hydrogens is 575 g/mol. The topological polar surface area (TPSA) is 171 Å². The highest BCUT2D eigenvalue weighted by Crippen LogP contribution is 2.14. The highest BCUT2D eigenvalue weighted by Gasteiger charge is 2.36. The Morgan fingerprint density at radius 2 is 1.73 bits per heavy atom.